The molecule has 3 rings (SSSR count). The smallest absolute Gasteiger partial charge is 0.225 e. The van der Waals surface area contributed by atoms with Crippen molar-refractivity contribution < 1.29 is 4.79 Å². The van der Waals surface area contributed by atoms with Gasteiger partial charge in [0, 0.05) is 42.4 Å². The Morgan fingerprint density at radius 1 is 0.960 bits per heavy atom. The molecule has 0 atom stereocenters. The average Bonchev–Trinajstić information content (AvgIpc) is 2.67. The molecule has 2 aromatic rings. The van der Waals surface area contributed by atoms with E-state index in [4.69, 9.17) is 0 Å². The van der Waals surface area contributed by atoms with Gasteiger partial charge < -0.3 is 10.2 Å². The van der Waals surface area contributed by atoms with Gasteiger partial charge in [-0.25, -0.2) is 0 Å². The Morgan fingerprint density at radius 3 is 2.40 bits per heavy atom. The third-order valence-corrected chi connectivity index (χ3v) is 5.49. The van der Waals surface area contributed by atoms with Crippen LogP contribution in [0, 0.1) is 0 Å². The second-order valence-electron chi connectivity index (χ2n) is 6.43. The Hall–Kier alpha value is -1.94. The van der Waals surface area contributed by atoms with Crippen molar-refractivity contribution in [3.05, 3.63) is 60.2 Å². The zero-order valence-electron chi connectivity index (χ0n) is 14.6. The highest BCUT2D eigenvalue weighted by Crippen LogP contribution is 2.22. The average molecular weight is 355 g/mol. The monoisotopic (exact) mass is 354 g/mol. The van der Waals surface area contributed by atoms with Gasteiger partial charge in [-0.3, -0.25) is 4.79 Å². The fourth-order valence-electron chi connectivity index (χ4n) is 3.06. The Labute approximate surface area is 154 Å². The highest BCUT2D eigenvalue weighted by atomic mass is 32.2. The first-order valence-electron chi connectivity index (χ1n) is 9.08. The lowest BCUT2D eigenvalue weighted by atomic mass is 10.1. The molecule has 0 bridgehead atoms. The summed E-state index contributed by atoms with van der Waals surface area (Å²) in [7, 11) is 0. The highest BCUT2D eigenvalue weighted by Gasteiger charge is 2.10. The predicted octanol–water partition coefficient (Wildman–Crippen LogP) is 4.94. The molecule has 1 aliphatic rings. The lowest BCUT2D eigenvalue weighted by Crippen LogP contribution is -2.29. The van der Waals surface area contributed by atoms with Gasteiger partial charge in [0.2, 0.25) is 5.91 Å². The van der Waals surface area contributed by atoms with Gasteiger partial charge in [0.15, 0.2) is 0 Å². The van der Waals surface area contributed by atoms with Gasteiger partial charge in [-0.15, -0.1) is 0 Å². The number of rotatable bonds is 7. The summed E-state index contributed by atoms with van der Waals surface area (Å²) < 4.78 is 0. The van der Waals surface area contributed by atoms with Gasteiger partial charge in [-0.05, 0) is 49.1 Å². The molecule has 1 aliphatic heterocycles. The summed E-state index contributed by atoms with van der Waals surface area (Å²) in [4.78, 5) is 14.5. The van der Waals surface area contributed by atoms with Crippen molar-refractivity contribution in [1.82, 2.24) is 0 Å². The summed E-state index contributed by atoms with van der Waals surface area (Å²) in [5.74, 6) is 1.89. The minimum absolute atomic E-state index is 0.0892. The molecular weight excluding hydrogens is 328 g/mol. The van der Waals surface area contributed by atoms with E-state index in [0.29, 0.717) is 6.42 Å². The molecule has 3 nitrogen and oxygen atoms in total. The summed E-state index contributed by atoms with van der Waals surface area (Å²) in [6, 6.07) is 18.6. The van der Waals surface area contributed by atoms with Crippen molar-refractivity contribution in [1.29, 1.82) is 0 Å². The Balaban J connectivity index is 1.38. The Kier molecular flexibility index (Phi) is 6.80. The molecule has 25 heavy (non-hydrogen) atoms. The molecule has 4 heteroatoms. The number of anilines is 2. The first-order chi connectivity index (χ1) is 12.3. The minimum Gasteiger partial charge on any atom is -0.372 e. The SMILES string of the molecule is O=C(CCSCc1ccccc1)Nc1ccc(N2CCCCC2)cc1. The van der Waals surface area contributed by atoms with E-state index in [9.17, 15) is 4.79 Å². The Morgan fingerprint density at radius 2 is 1.68 bits per heavy atom. The number of carbonyl (C=O) groups is 1. The molecule has 2 aromatic carbocycles. The van der Waals surface area contributed by atoms with E-state index in [1.54, 1.807) is 11.8 Å². The zero-order valence-corrected chi connectivity index (χ0v) is 15.4. The van der Waals surface area contributed by atoms with E-state index < -0.39 is 0 Å². The molecule has 0 unspecified atom stereocenters. The lowest BCUT2D eigenvalue weighted by Gasteiger charge is -2.28. The van der Waals surface area contributed by atoms with Crippen LogP contribution >= 0.6 is 11.8 Å². The van der Waals surface area contributed by atoms with Gasteiger partial charge in [-0.1, -0.05) is 30.3 Å². The maximum atomic E-state index is 12.1. The van der Waals surface area contributed by atoms with Crippen LogP contribution in [0.2, 0.25) is 0 Å². The van der Waals surface area contributed by atoms with E-state index in [0.717, 1.165) is 30.3 Å². The Bertz CT molecular complexity index is 651. The number of amides is 1. The van der Waals surface area contributed by atoms with E-state index in [-0.39, 0.29) is 5.91 Å². The summed E-state index contributed by atoms with van der Waals surface area (Å²) >= 11 is 1.80. The maximum absolute atomic E-state index is 12.1. The summed E-state index contributed by atoms with van der Waals surface area (Å²) in [5.41, 5.74) is 3.45. The van der Waals surface area contributed by atoms with Gasteiger partial charge in [0.05, 0.1) is 0 Å². The van der Waals surface area contributed by atoms with Crippen molar-refractivity contribution in [3.8, 4) is 0 Å². The second kappa shape index (κ2) is 9.52. The van der Waals surface area contributed by atoms with Gasteiger partial charge >= 0.3 is 0 Å². The van der Waals surface area contributed by atoms with Crippen molar-refractivity contribution in [3.63, 3.8) is 0 Å². The van der Waals surface area contributed by atoms with Crippen LogP contribution in [0.15, 0.2) is 54.6 Å². The quantitative estimate of drug-likeness (QED) is 0.715. The van der Waals surface area contributed by atoms with Crippen LogP contribution in [0.1, 0.15) is 31.2 Å². The van der Waals surface area contributed by atoms with E-state index in [2.05, 4.69) is 46.6 Å². The molecular formula is C21H26N2OS. The fraction of sp³-hybridized carbons (Fsp3) is 0.381. The van der Waals surface area contributed by atoms with E-state index >= 15 is 0 Å². The van der Waals surface area contributed by atoms with Crippen molar-refractivity contribution in [2.24, 2.45) is 0 Å². The number of benzene rings is 2. The normalized spacial score (nSPS) is 14.3. The molecule has 0 saturated carbocycles. The van der Waals surface area contributed by atoms with E-state index in [1.165, 1.54) is 30.5 Å². The highest BCUT2D eigenvalue weighted by molar-refractivity contribution is 7.98. The number of thioether (sulfide) groups is 1. The first kappa shape index (κ1) is 17.9. The molecule has 1 heterocycles. The molecule has 0 aromatic heterocycles. The maximum Gasteiger partial charge on any atom is 0.225 e. The molecule has 1 N–H and O–H groups in total. The van der Waals surface area contributed by atoms with Crippen LogP contribution in [-0.4, -0.2) is 24.7 Å². The summed E-state index contributed by atoms with van der Waals surface area (Å²) in [6.07, 6.45) is 4.44. The third-order valence-electron chi connectivity index (χ3n) is 4.46. The number of hydrogen-bond donors (Lipinski definition) is 1. The largest absolute Gasteiger partial charge is 0.372 e. The molecule has 0 radical (unpaired) electrons. The number of piperidine rings is 1. The number of carbonyl (C=O) groups excluding carboxylic acids is 1. The number of hydrogen-bond acceptors (Lipinski definition) is 3. The van der Waals surface area contributed by atoms with Crippen molar-refractivity contribution in [2.75, 3.05) is 29.1 Å². The van der Waals surface area contributed by atoms with Crippen LogP contribution in [0.25, 0.3) is 0 Å². The van der Waals surface area contributed by atoms with Crippen LogP contribution in [0.4, 0.5) is 11.4 Å². The zero-order chi connectivity index (χ0) is 17.3. The molecule has 0 aliphatic carbocycles. The van der Waals surface area contributed by atoms with Crippen molar-refractivity contribution >= 4 is 29.0 Å². The summed E-state index contributed by atoms with van der Waals surface area (Å²) in [6.45, 7) is 2.29. The molecule has 1 amide bonds. The van der Waals surface area contributed by atoms with Crippen LogP contribution in [0.5, 0.6) is 0 Å². The minimum atomic E-state index is 0.0892. The van der Waals surface area contributed by atoms with Crippen LogP contribution < -0.4 is 10.2 Å². The number of nitrogens with one attached hydrogen (secondary N) is 1. The molecule has 132 valence electrons. The third kappa shape index (κ3) is 5.82. The van der Waals surface area contributed by atoms with E-state index in [1.807, 2.05) is 18.2 Å². The second-order valence-corrected chi connectivity index (χ2v) is 7.54. The van der Waals surface area contributed by atoms with Crippen LogP contribution in [-0.2, 0) is 10.5 Å². The first-order valence-corrected chi connectivity index (χ1v) is 10.2. The predicted molar refractivity (Wildman–Crippen MR) is 108 cm³/mol. The number of nitrogens with zero attached hydrogens (tertiary/aromatic N) is 1. The standard InChI is InChI=1S/C21H26N2OS/c24-21(13-16-25-17-18-7-3-1-4-8-18)22-19-9-11-20(12-10-19)23-14-5-2-6-15-23/h1,3-4,7-12H,2,5-6,13-17H2,(H,22,24). The lowest BCUT2D eigenvalue weighted by molar-refractivity contribution is -0.115. The molecule has 1 fully saturated rings. The van der Waals surface area contributed by atoms with Gasteiger partial charge in [-0.2, -0.15) is 11.8 Å². The van der Waals surface area contributed by atoms with Gasteiger partial charge in [0.25, 0.3) is 0 Å². The van der Waals surface area contributed by atoms with Crippen LogP contribution in [0.3, 0.4) is 0 Å². The molecule has 0 spiro atoms. The summed E-state index contributed by atoms with van der Waals surface area (Å²) in [5, 5.41) is 3.00. The fourth-order valence-corrected chi connectivity index (χ4v) is 3.96. The molecule has 1 saturated heterocycles. The topological polar surface area (TPSA) is 32.3 Å². The van der Waals surface area contributed by atoms with Crippen molar-refractivity contribution in [2.45, 2.75) is 31.4 Å². The van der Waals surface area contributed by atoms with Gasteiger partial charge in [0.1, 0.15) is 0 Å².